The zero-order valence-corrected chi connectivity index (χ0v) is 9.42. The van der Waals surface area contributed by atoms with Crippen LogP contribution in [0.2, 0.25) is 0 Å². The van der Waals surface area contributed by atoms with E-state index in [0.29, 0.717) is 26.0 Å². The maximum atomic E-state index is 14.3. The van der Waals surface area contributed by atoms with Crippen LogP contribution in [0.5, 0.6) is 0 Å². The molecule has 2 N–H and O–H groups in total. The first-order chi connectivity index (χ1) is 7.72. The standard InChI is InChI=1S/C13H18FNO/c14-13(6-1-7-16-10-13)8-11-2-4-12(9-15)5-3-11/h2-5H,1,6-10,15H2. The summed E-state index contributed by atoms with van der Waals surface area (Å²) >= 11 is 0. The number of hydrogen-bond acceptors (Lipinski definition) is 2. The smallest absolute Gasteiger partial charge is 0.138 e. The fraction of sp³-hybridized carbons (Fsp3) is 0.538. The van der Waals surface area contributed by atoms with Gasteiger partial charge in [-0.3, -0.25) is 0 Å². The molecule has 1 aliphatic rings. The van der Waals surface area contributed by atoms with Crippen molar-refractivity contribution in [1.29, 1.82) is 0 Å². The monoisotopic (exact) mass is 223 g/mol. The molecule has 1 aromatic carbocycles. The Labute approximate surface area is 95.6 Å². The summed E-state index contributed by atoms with van der Waals surface area (Å²) in [6.07, 6.45) is 1.86. The molecule has 2 nitrogen and oxygen atoms in total. The van der Waals surface area contributed by atoms with Crippen LogP contribution < -0.4 is 5.73 Å². The van der Waals surface area contributed by atoms with Gasteiger partial charge < -0.3 is 10.5 Å². The van der Waals surface area contributed by atoms with E-state index in [1.807, 2.05) is 24.3 Å². The van der Waals surface area contributed by atoms with Crippen LogP contribution >= 0.6 is 0 Å². The van der Waals surface area contributed by atoms with Crippen molar-refractivity contribution in [3.05, 3.63) is 35.4 Å². The average molecular weight is 223 g/mol. The molecule has 0 amide bonds. The summed E-state index contributed by atoms with van der Waals surface area (Å²) in [4.78, 5) is 0. The minimum atomic E-state index is -1.18. The van der Waals surface area contributed by atoms with Crippen molar-refractivity contribution in [2.75, 3.05) is 13.2 Å². The molecule has 0 radical (unpaired) electrons. The number of benzene rings is 1. The first-order valence-corrected chi connectivity index (χ1v) is 5.76. The molecule has 88 valence electrons. The van der Waals surface area contributed by atoms with E-state index in [1.54, 1.807) is 0 Å². The summed E-state index contributed by atoms with van der Waals surface area (Å²) in [6.45, 7) is 1.45. The molecular formula is C13H18FNO. The van der Waals surface area contributed by atoms with Gasteiger partial charge in [0.25, 0.3) is 0 Å². The van der Waals surface area contributed by atoms with Crippen molar-refractivity contribution >= 4 is 0 Å². The minimum absolute atomic E-state index is 0.228. The van der Waals surface area contributed by atoms with E-state index in [-0.39, 0.29) is 6.61 Å². The number of halogens is 1. The van der Waals surface area contributed by atoms with Crippen molar-refractivity contribution < 1.29 is 9.13 Å². The lowest BCUT2D eigenvalue weighted by atomic mass is 9.91. The third-order valence-electron chi connectivity index (χ3n) is 3.05. The van der Waals surface area contributed by atoms with Crippen LogP contribution in [0.3, 0.4) is 0 Å². The highest BCUT2D eigenvalue weighted by atomic mass is 19.1. The second kappa shape index (κ2) is 4.93. The first kappa shape index (κ1) is 11.6. The number of alkyl halides is 1. The van der Waals surface area contributed by atoms with Crippen LogP contribution in [0.15, 0.2) is 24.3 Å². The highest BCUT2D eigenvalue weighted by Gasteiger charge is 2.32. The van der Waals surface area contributed by atoms with Gasteiger partial charge in [0.15, 0.2) is 0 Å². The Balaban J connectivity index is 2.01. The highest BCUT2D eigenvalue weighted by molar-refractivity contribution is 5.23. The normalized spacial score (nSPS) is 25.6. The average Bonchev–Trinajstić information content (AvgIpc) is 2.30. The van der Waals surface area contributed by atoms with Crippen molar-refractivity contribution in [3.63, 3.8) is 0 Å². The molecule has 0 aliphatic carbocycles. The number of rotatable bonds is 3. The Morgan fingerprint density at radius 2 is 1.94 bits per heavy atom. The lowest BCUT2D eigenvalue weighted by Crippen LogP contribution is -2.36. The van der Waals surface area contributed by atoms with Crippen LogP contribution in [0.4, 0.5) is 4.39 Å². The molecule has 1 unspecified atom stereocenters. The van der Waals surface area contributed by atoms with Gasteiger partial charge >= 0.3 is 0 Å². The summed E-state index contributed by atoms with van der Waals surface area (Å²) in [6, 6.07) is 7.83. The van der Waals surface area contributed by atoms with Gasteiger partial charge in [-0.25, -0.2) is 4.39 Å². The van der Waals surface area contributed by atoms with Gasteiger partial charge in [0.1, 0.15) is 5.67 Å². The zero-order valence-electron chi connectivity index (χ0n) is 9.42. The molecular weight excluding hydrogens is 205 g/mol. The molecule has 1 aromatic rings. The summed E-state index contributed by atoms with van der Waals surface area (Å²) in [5.74, 6) is 0. The van der Waals surface area contributed by atoms with Gasteiger partial charge in [0.05, 0.1) is 6.61 Å². The van der Waals surface area contributed by atoms with E-state index < -0.39 is 5.67 Å². The molecule has 1 saturated heterocycles. The predicted octanol–water partition coefficient (Wildman–Crippen LogP) is 2.21. The quantitative estimate of drug-likeness (QED) is 0.852. The minimum Gasteiger partial charge on any atom is -0.378 e. The first-order valence-electron chi connectivity index (χ1n) is 5.76. The molecule has 1 atom stereocenters. The van der Waals surface area contributed by atoms with E-state index in [0.717, 1.165) is 17.5 Å². The third-order valence-corrected chi connectivity index (χ3v) is 3.05. The summed E-state index contributed by atoms with van der Waals surface area (Å²) in [5.41, 5.74) is 6.44. The Morgan fingerprint density at radius 1 is 1.25 bits per heavy atom. The van der Waals surface area contributed by atoms with Gasteiger partial charge in [-0.1, -0.05) is 24.3 Å². The van der Waals surface area contributed by atoms with Crippen molar-refractivity contribution in [1.82, 2.24) is 0 Å². The van der Waals surface area contributed by atoms with Crippen LogP contribution in [-0.4, -0.2) is 18.9 Å². The number of ether oxygens (including phenoxy) is 1. The van der Waals surface area contributed by atoms with Crippen LogP contribution in [0.1, 0.15) is 24.0 Å². The second-order valence-corrected chi connectivity index (χ2v) is 4.50. The molecule has 3 heteroatoms. The summed E-state index contributed by atoms with van der Waals surface area (Å²) in [7, 11) is 0. The molecule has 0 aromatic heterocycles. The van der Waals surface area contributed by atoms with E-state index in [1.165, 1.54) is 0 Å². The fourth-order valence-electron chi connectivity index (χ4n) is 2.12. The fourth-order valence-corrected chi connectivity index (χ4v) is 2.12. The van der Waals surface area contributed by atoms with E-state index in [2.05, 4.69) is 0 Å². The molecule has 1 aliphatic heterocycles. The number of nitrogens with two attached hydrogens (primary N) is 1. The van der Waals surface area contributed by atoms with Crippen LogP contribution in [-0.2, 0) is 17.7 Å². The van der Waals surface area contributed by atoms with Gasteiger partial charge in [-0.05, 0) is 24.0 Å². The van der Waals surface area contributed by atoms with Gasteiger partial charge in [-0.2, -0.15) is 0 Å². The largest absolute Gasteiger partial charge is 0.378 e. The Hall–Kier alpha value is -0.930. The Kier molecular flexibility index (Phi) is 3.56. The van der Waals surface area contributed by atoms with Gasteiger partial charge in [-0.15, -0.1) is 0 Å². The molecule has 1 fully saturated rings. The third kappa shape index (κ3) is 2.80. The lowest BCUT2D eigenvalue weighted by molar-refractivity contribution is -0.0308. The second-order valence-electron chi connectivity index (χ2n) is 4.50. The van der Waals surface area contributed by atoms with E-state index in [9.17, 15) is 4.39 Å². The molecule has 0 saturated carbocycles. The number of hydrogen-bond donors (Lipinski definition) is 1. The molecule has 0 bridgehead atoms. The maximum Gasteiger partial charge on any atom is 0.138 e. The van der Waals surface area contributed by atoms with E-state index >= 15 is 0 Å². The molecule has 2 rings (SSSR count). The Morgan fingerprint density at radius 3 is 2.50 bits per heavy atom. The zero-order chi connectivity index (χ0) is 11.4. The highest BCUT2D eigenvalue weighted by Crippen LogP contribution is 2.27. The van der Waals surface area contributed by atoms with Crippen molar-refractivity contribution in [2.24, 2.45) is 5.73 Å². The van der Waals surface area contributed by atoms with Crippen LogP contribution in [0.25, 0.3) is 0 Å². The molecule has 16 heavy (non-hydrogen) atoms. The molecule has 0 spiro atoms. The van der Waals surface area contributed by atoms with E-state index in [4.69, 9.17) is 10.5 Å². The molecule has 1 heterocycles. The summed E-state index contributed by atoms with van der Waals surface area (Å²) in [5, 5.41) is 0. The SMILES string of the molecule is NCc1ccc(CC2(F)CCCOC2)cc1. The van der Waals surface area contributed by atoms with Crippen molar-refractivity contribution in [3.8, 4) is 0 Å². The Bertz CT molecular complexity index is 330. The van der Waals surface area contributed by atoms with Crippen LogP contribution in [0, 0.1) is 0 Å². The summed E-state index contributed by atoms with van der Waals surface area (Å²) < 4.78 is 19.5. The topological polar surface area (TPSA) is 35.2 Å². The maximum absolute atomic E-state index is 14.3. The van der Waals surface area contributed by atoms with Gasteiger partial charge in [0.2, 0.25) is 0 Å². The predicted molar refractivity (Wildman–Crippen MR) is 61.9 cm³/mol. The lowest BCUT2D eigenvalue weighted by Gasteiger charge is -2.29. The van der Waals surface area contributed by atoms with Gasteiger partial charge in [0, 0.05) is 19.6 Å². The van der Waals surface area contributed by atoms with Crippen molar-refractivity contribution in [2.45, 2.75) is 31.5 Å².